The number of nitrogens with zero attached hydrogens (tertiary/aromatic N) is 2. The van der Waals surface area contributed by atoms with Crippen LogP contribution in [0.3, 0.4) is 0 Å². The molecule has 12 heteroatoms. The van der Waals surface area contributed by atoms with Gasteiger partial charge in [0.15, 0.2) is 11.5 Å². The molecule has 0 unspecified atom stereocenters. The smallest absolute Gasteiger partial charge is 0.395 e. The largest absolute Gasteiger partial charge is 0.586 e. The SMILES string of the molecule is N[C@H](CNc1cc(-c2ccc(C(F)(F)F)c(Cl)c2)ncn1)c1ccc2c(c1)OC(F)(F)O2. The van der Waals surface area contributed by atoms with Crippen LogP contribution in [-0.2, 0) is 6.18 Å². The van der Waals surface area contributed by atoms with Crippen molar-refractivity contribution in [2.75, 3.05) is 11.9 Å². The Kier molecular flexibility index (Phi) is 5.55. The molecule has 0 bridgehead atoms. The molecule has 0 saturated carbocycles. The third-order valence-electron chi connectivity index (χ3n) is 4.59. The van der Waals surface area contributed by atoms with Gasteiger partial charge in [0.2, 0.25) is 0 Å². The fourth-order valence-corrected chi connectivity index (χ4v) is 3.33. The van der Waals surface area contributed by atoms with E-state index < -0.39 is 29.1 Å². The lowest BCUT2D eigenvalue weighted by molar-refractivity contribution is -0.286. The molecule has 1 aliphatic heterocycles. The number of anilines is 1. The van der Waals surface area contributed by atoms with E-state index in [0.717, 1.165) is 6.07 Å². The number of halogens is 6. The molecule has 6 nitrogen and oxygen atoms in total. The number of nitrogens with two attached hydrogens (primary N) is 1. The van der Waals surface area contributed by atoms with Crippen LogP contribution >= 0.6 is 11.6 Å². The van der Waals surface area contributed by atoms with Gasteiger partial charge in [0.05, 0.1) is 16.3 Å². The minimum atomic E-state index is -4.56. The molecular weight excluding hydrogens is 459 g/mol. The summed E-state index contributed by atoms with van der Waals surface area (Å²) in [6.07, 6.45) is -7.05. The quantitative estimate of drug-likeness (QED) is 0.494. The Balaban J connectivity index is 1.46. The van der Waals surface area contributed by atoms with Crippen LogP contribution in [0.4, 0.5) is 27.8 Å². The van der Waals surface area contributed by atoms with Gasteiger partial charge in [0.25, 0.3) is 0 Å². The fraction of sp³-hybridized carbons (Fsp3) is 0.200. The predicted molar refractivity (Wildman–Crippen MR) is 106 cm³/mol. The molecule has 4 rings (SSSR count). The zero-order chi connectivity index (χ0) is 23.1. The van der Waals surface area contributed by atoms with E-state index in [1.165, 1.54) is 42.7 Å². The van der Waals surface area contributed by atoms with Gasteiger partial charge in [0.1, 0.15) is 12.1 Å². The normalized spacial score (nSPS) is 15.5. The summed E-state index contributed by atoms with van der Waals surface area (Å²) in [6.45, 7) is 0.167. The van der Waals surface area contributed by atoms with Crippen LogP contribution in [0.15, 0.2) is 48.8 Å². The van der Waals surface area contributed by atoms with E-state index in [-0.39, 0.29) is 18.0 Å². The highest BCUT2D eigenvalue weighted by molar-refractivity contribution is 6.31. The number of hydrogen-bond acceptors (Lipinski definition) is 6. The molecule has 0 radical (unpaired) electrons. The molecule has 3 N–H and O–H groups in total. The summed E-state index contributed by atoms with van der Waals surface area (Å²) < 4.78 is 73.7. The molecule has 2 heterocycles. The van der Waals surface area contributed by atoms with E-state index in [4.69, 9.17) is 17.3 Å². The van der Waals surface area contributed by atoms with Gasteiger partial charge in [0, 0.05) is 24.2 Å². The first-order chi connectivity index (χ1) is 15.0. The van der Waals surface area contributed by atoms with E-state index in [2.05, 4.69) is 24.8 Å². The van der Waals surface area contributed by atoms with Crippen LogP contribution < -0.4 is 20.5 Å². The average Bonchev–Trinajstić information content (AvgIpc) is 3.04. The van der Waals surface area contributed by atoms with Gasteiger partial charge in [-0.1, -0.05) is 23.7 Å². The second-order valence-corrected chi connectivity index (χ2v) is 7.25. The van der Waals surface area contributed by atoms with E-state index in [9.17, 15) is 22.0 Å². The van der Waals surface area contributed by atoms with Crippen molar-refractivity contribution in [2.24, 2.45) is 5.73 Å². The van der Waals surface area contributed by atoms with Gasteiger partial charge < -0.3 is 20.5 Å². The molecule has 0 amide bonds. The van der Waals surface area contributed by atoms with Gasteiger partial charge in [-0.25, -0.2) is 9.97 Å². The summed E-state index contributed by atoms with van der Waals surface area (Å²) >= 11 is 5.77. The maximum atomic E-state index is 13.2. The number of hydrogen-bond donors (Lipinski definition) is 2. The van der Waals surface area contributed by atoms with Gasteiger partial charge >= 0.3 is 12.5 Å². The molecule has 1 aliphatic rings. The molecular formula is C20H14ClF5N4O2. The van der Waals surface area contributed by atoms with Crippen molar-refractivity contribution in [3.8, 4) is 22.8 Å². The predicted octanol–water partition coefficient (Wildman–Crippen LogP) is 5.25. The van der Waals surface area contributed by atoms with Crippen LogP contribution in [0.2, 0.25) is 5.02 Å². The number of nitrogens with one attached hydrogen (secondary N) is 1. The highest BCUT2D eigenvalue weighted by atomic mass is 35.5. The Hall–Kier alpha value is -3.18. The first kappa shape index (κ1) is 22.0. The Morgan fingerprint density at radius 3 is 2.50 bits per heavy atom. The molecule has 0 spiro atoms. The zero-order valence-corrected chi connectivity index (χ0v) is 16.7. The third kappa shape index (κ3) is 4.68. The van der Waals surface area contributed by atoms with Crippen molar-refractivity contribution in [3.63, 3.8) is 0 Å². The maximum Gasteiger partial charge on any atom is 0.586 e. The first-order valence-electron chi connectivity index (χ1n) is 9.10. The molecule has 32 heavy (non-hydrogen) atoms. The number of benzene rings is 2. The van der Waals surface area contributed by atoms with Crippen molar-refractivity contribution >= 4 is 17.4 Å². The summed E-state index contributed by atoms with van der Waals surface area (Å²) in [5.41, 5.74) is 6.40. The van der Waals surface area contributed by atoms with Crippen molar-refractivity contribution < 1.29 is 31.4 Å². The fourth-order valence-electron chi connectivity index (χ4n) is 3.04. The van der Waals surface area contributed by atoms with Crippen LogP contribution in [0.5, 0.6) is 11.5 Å². The molecule has 0 saturated heterocycles. The number of aromatic nitrogens is 2. The Labute approximate surface area is 183 Å². The van der Waals surface area contributed by atoms with Crippen molar-refractivity contribution in [1.29, 1.82) is 0 Å². The van der Waals surface area contributed by atoms with Crippen LogP contribution in [-0.4, -0.2) is 22.8 Å². The van der Waals surface area contributed by atoms with Gasteiger partial charge in [-0.15, -0.1) is 8.78 Å². The van der Waals surface area contributed by atoms with E-state index >= 15 is 0 Å². The minimum absolute atomic E-state index is 0.0884. The van der Waals surface area contributed by atoms with Crippen LogP contribution in [0, 0.1) is 0 Å². The van der Waals surface area contributed by atoms with E-state index in [1.54, 1.807) is 0 Å². The number of alkyl halides is 5. The molecule has 3 aromatic rings. The second kappa shape index (κ2) is 8.06. The van der Waals surface area contributed by atoms with Crippen molar-refractivity contribution in [2.45, 2.75) is 18.5 Å². The third-order valence-corrected chi connectivity index (χ3v) is 4.91. The average molecular weight is 473 g/mol. The lowest BCUT2D eigenvalue weighted by Crippen LogP contribution is -2.26. The first-order valence-corrected chi connectivity index (χ1v) is 9.48. The summed E-state index contributed by atoms with van der Waals surface area (Å²) in [5, 5.41) is 2.53. The lowest BCUT2D eigenvalue weighted by atomic mass is 10.1. The highest BCUT2D eigenvalue weighted by Crippen LogP contribution is 2.42. The highest BCUT2D eigenvalue weighted by Gasteiger charge is 2.43. The van der Waals surface area contributed by atoms with Crippen LogP contribution in [0.25, 0.3) is 11.3 Å². The van der Waals surface area contributed by atoms with Crippen LogP contribution in [0.1, 0.15) is 17.2 Å². The molecule has 1 atom stereocenters. The molecule has 0 aliphatic carbocycles. The van der Waals surface area contributed by atoms with E-state index in [1.807, 2.05) is 0 Å². The van der Waals surface area contributed by atoms with Gasteiger partial charge in [-0.05, 0) is 29.8 Å². The Morgan fingerprint density at radius 1 is 1.03 bits per heavy atom. The number of rotatable bonds is 5. The summed E-state index contributed by atoms with van der Waals surface area (Å²) in [4.78, 5) is 8.11. The van der Waals surface area contributed by atoms with Crippen molar-refractivity contribution in [1.82, 2.24) is 9.97 Å². The monoisotopic (exact) mass is 472 g/mol. The van der Waals surface area contributed by atoms with E-state index in [0.29, 0.717) is 22.6 Å². The van der Waals surface area contributed by atoms with Gasteiger partial charge in [-0.3, -0.25) is 0 Å². The van der Waals surface area contributed by atoms with Gasteiger partial charge in [-0.2, -0.15) is 13.2 Å². The Morgan fingerprint density at radius 2 is 1.78 bits per heavy atom. The standard InChI is InChI=1S/C20H14ClF5N4O2/c21-13-5-11(1-3-12(13)19(22,23)24)15-7-18(30-9-29-15)28-8-14(27)10-2-4-16-17(6-10)32-20(25,26)31-16/h1-7,9,14H,8,27H2,(H,28,29,30)/t14-/m1/s1. The minimum Gasteiger partial charge on any atom is -0.395 e. The summed E-state index contributed by atoms with van der Waals surface area (Å²) in [6, 6.07) is 8.45. The zero-order valence-electron chi connectivity index (χ0n) is 16.0. The topological polar surface area (TPSA) is 82.3 Å². The molecule has 1 aromatic heterocycles. The maximum absolute atomic E-state index is 13.2. The second-order valence-electron chi connectivity index (χ2n) is 6.84. The summed E-state index contributed by atoms with van der Waals surface area (Å²) in [7, 11) is 0. The van der Waals surface area contributed by atoms with Crippen molar-refractivity contribution in [3.05, 3.63) is 64.9 Å². The Bertz CT molecular complexity index is 1160. The lowest BCUT2D eigenvalue weighted by Gasteiger charge is -2.14. The molecule has 2 aromatic carbocycles. The molecule has 0 fully saturated rings. The summed E-state index contributed by atoms with van der Waals surface area (Å²) in [5.74, 6) is 0.148. The molecule has 168 valence electrons. The number of fused-ring (bicyclic) bond motifs is 1. The number of ether oxygens (including phenoxy) is 2.